The van der Waals surface area contributed by atoms with E-state index in [4.69, 9.17) is 4.74 Å². The molecule has 2 aromatic carbocycles. The molecular weight excluding hydrogens is 352 g/mol. The predicted octanol–water partition coefficient (Wildman–Crippen LogP) is 3.43. The van der Waals surface area contributed by atoms with Gasteiger partial charge in [0.2, 0.25) is 0 Å². The SMILES string of the molecule is CCN(CC)C(=O)c1ccc(C2=CC3(CCNC3)Oc3cccc(O)c32)cc1. The van der Waals surface area contributed by atoms with Crippen molar-refractivity contribution in [2.24, 2.45) is 0 Å². The molecule has 5 nitrogen and oxygen atoms in total. The van der Waals surface area contributed by atoms with Crippen molar-refractivity contribution in [1.29, 1.82) is 0 Å². The number of carbonyl (C=O) groups excluding carboxylic acids is 1. The lowest BCUT2D eigenvalue weighted by Gasteiger charge is -2.33. The summed E-state index contributed by atoms with van der Waals surface area (Å²) >= 11 is 0. The fraction of sp³-hybridized carbons (Fsp3) is 0.348. The van der Waals surface area contributed by atoms with Crippen molar-refractivity contribution in [3.05, 3.63) is 65.2 Å². The van der Waals surface area contributed by atoms with E-state index in [0.29, 0.717) is 30.0 Å². The van der Waals surface area contributed by atoms with E-state index < -0.39 is 5.60 Å². The number of phenols is 1. The van der Waals surface area contributed by atoms with Gasteiger partial charge < -0.3 is 20.1 Å². The quantitative estimate of drug-likeness (QED) is 0.856. The Morgan fingerprint density at radius 1 is 1.18 bits per heavy atom. The minimum atomic E-state index is -0.397. The zero-order chi connectivity index (χ0) is 19.7. The van der Waals surface area contributed by atoms with Gasteiger partial charge in [-0.3, -0.25) is 4.79 Å². The van der Waals surface area contributed by atoms with Gasteiger partial charge in [0, 0.05) is 31.6 Å². The summed E-state index contributed by atoms with van der Waals surface area (Å²) in [6, 6.07) is 13.0. The van der Waals surface area contributed by atoms with Crippen molar-refractivity contribution in [3.8, 4) is 11.5 Å². The van der Waals surface area contributed by atoms with Crippen molar-refractivity contribution in [2.75, 3.05) is 26.2 Å². The largest absolute Gasteiger partial charge is 0.507 e. The molecule has 1 fully saturated rings. The van der Waals surface area contributed by atoms with Crippen molar-refractivity contribution in [2.45, 2.75) is 25.9 Å². The fourth-order valence-corrected chi connectivity index (χ4v) is 4.07. The number of aromatic hydroxyl groups is 1. The Balaban J connectivity index is 1.74. The third-order valence-corrected chi connectivity index (χ3v) is 5.64. The smallest absolute Gasteiger partial charge is 0.253 e. The number of nitrogens with zero attached hydrogens (tertiary/aromatic N) is 1. The molecule has 4 rings (SSSR count). The van der Waals surface area contributed by atoms with Crippen LogP contribution in [0.1, 0.15) is 41.8 Å². The number of rotatable bonds is 4. The van der Waals surface area contributed by atoms with Crippen LogP contribution in [0.3, 0.4) is 0 Å². The summed E-state index contributed by atoms with van der Waals surface area (Å²) in [5.74, 6) is 0.939. The van der Waals surface area contributed by atoms with Crippen molar-refractivity contribution >= 4 is 11.5 Å². The van der Waals surface area contributed by atoms with Gasteiger partial charge in [0.25, 0.3) is 5.91 Å². The predicted molar refractivity (Wildman–Crippen MR) is 110 cm³/mol. The molecule has 2 aliphatic heterocycles. The lowest BCUT2D eigenvalue weighted by Crippen LogP contribution is -2.38. The van der Waals surface area contributed by atoms with Crippen LogP contribution < -0.4 is 10.1 Å². The van der Waals surface area contributed by atoms with E-state index in [0.717, 1.165) is 30.6 Å². The Morgan fingerprint density at radius 2 is 1.93 bits per heavy atom. The third kappa shape index (κ3) is 3.16. The second kappa shape index (κ2) is 7.32. The first-order valence-electron chi connectivity index (χ1n) is 9.91. The van der Waals surface area contributed by atoms with Crippen molar-refractivity contribution < 1.29 is 14.6 Å². The standard InChI is InChI=1S/C23H26N2O3/c1-3-25(4-2)22(27)17-10-8-16(9-11-17)18-14-23(12-13-24-15-23)28-20-7-5-6-19(26)21(18)20/h5-11,14,24,26H,3-4,12-13,15H2,1-2H3. The Morgan fingerprint density at radius 3 is 2.57 bits per heavy atom. The zero-order valence-electron chi connectivity index (χ0n) is 16.4. The Bertz CT molecular complexity index is 908. The Labute approximate surface area is 165 Å². The van der Waals surface area contributed by atoms with Crippen LogP contribution in [-0.2, 0) is 0 Å². The fourth-order valence-electron chi connectivity index (χ4n) is 4.07. The van der Waals surface area contributed by atoms with Gasteiger partial charge in [-0.2, -0.15) is 0 Å². The number of hydrogen-bond donors (Lipinski definition) is 2. The molecular formula is C23H26N2O3. The molecule has 2 aliphatic rings. The molecule has 1 atom stereocenters. The highest BCUT2D eigenvalue weighted by Gasteiger charge is 2.39. The minimum Gasteiger partial charge on any atom is -0.507 e. The molecule has 0 saturated carbocycles. The molecule has 146 valence electrons. The lowest BCUT2D eigenvalue weighted by molar-refractivity contribution is 0.0773. The van der Waals surface area contributed by atoms with Crippen LogP contribution >= 0.6 is 0 Å². The second-order valence-corrected chi connectivity index (χ2v) is 7.36. The monoisotopic (exact) mass is 378 g/mol. The van der Waals surface area contributed by atoms with Crippen molar-refractivity contribution in [1.82, 2.24) is 10.2 Å². The van der Waals surface area contributed by atoms with Crippen LogP contribution in [-0.4, -0.2) is 47.7 Å². The van der Waals surface area contributed by atoms with E-state index in [1.54, 1.807) is 12.1 Å². The third-order valence-electron chi connectivity index (χ3n) is 5.64. The summed E-state index contributed by atoms with van der Waals surface area (Å²) in [7, 11) is 0. The molecule has 2 N–H and O–H groups in total. The molecule has 0 aliphatic carbocycles. The van der Waals surface area contributed by atoms with Gasteiger partial charge in [0.15, 0.2) is 0 Å². The Hall–Kier alpha value is -2.79. The zero-order valence-corrected chi connectivity index (χ0v) is 16.4. The first-order chi connectivity index (χ1) is 13.6. The molecule has 2 heterocycles. The average Bonchev–Trinajstić information content (AvgIpc) is 3.15. The van der Waals surface area contributed by atoms with Crippen LogP contribution in [0.4, 0.5) is 0 Å². The molecule has 28 heavy (non-hydrogen) atoms. The Kier molecular flexibility index (Phi) is 4.85. The number of carbonyl (C=O) groups is 1. The number of fused-ring (bicyclic) bond motifs is 1. The number of ether oxygens (including phenoxy) is 1. The first kappa shape index (κ1) is 18.6. The number of phenolic OH excluding ortho intramolecular Hbond substituents is 1. The molecule has 0 aromatic heterocycles. The number of nitrogens with one attached hydrogen (secondary N) is 1. The molecule has 1 spiro atoms. The van der Waals surface area contributed by atoms with E-state index in [-0.39, 0.29) is 11.7 Å². The number of benzene rings is 2. The van der Waals surface area contributed by atoms with Gasteiger partial charge in [-0.05, 0) is 61.9 Å². The maximum absolute atomic E-state index is 12.6. The first-order valence-corrected chi connectivity index (χ1v) is 9.91. The summed E-state index contributed by atoms with van der Waals surface area (Å²) in [6.07, 6.45) is 3.00. The summed E-state index contributed by atoms with van der Waals surface area (Å²) in [5.41, 5.74) is 2.90. The molecule has 1 saturated heterocycles. The van der Waals surface area contributed by atoms with Crippen LogP contribution in [0.5, 0.6) is 11.5 Å². The maximum atomic E-state index is 12.6. The van der Waals surface area contributed by atoms with E-state index in [9.17, 15) is 9.90 Å². The van der Waals surface area contributed by atoms with E-state index >= 15 is 0 Å². The average molecular weight is 378 g/mol. The molecule has 2 aromatic rings. The summed E-state index contributed by atoms with van der Waals surface area (Å²) < 4.78 is 6.28. The maximum Gasteiger partial charge on any atom is 0.253 e. The van der Waals surface area contributed by atoms with Crippen LogP contribution in [0.25, 0.3) is 5.57 Å². The minimum absolute atomic E-state index is 0.0391. The number of amides is 1. The van der Waals surface area contributed by atoms with Gasteiger partial charge in [-0.15, -0.1) is 0 Å². The normalized spacial score (nSPS) is 20.4. The van der Waals surface area contributed by atoms with Gasteiger partial charge in [0.1, 0.15) is 17.1 Å². The van der Waals surface area contributed by atoms with Gasteiger partial charge in [-0.25, -0.2) is 0 Å². The molecule has 1 unspecified atom stereocenters. The van der Waals surface area contributed by atoms with Gasteiger partial charge in [0.05, 0.1) is 5.56 Å². The highest BCUT2D eigenvalue weighted by molar-refractivity contribution is 5.95. The molecule has 0 bridgehead atoms. The van der Waals surface area contributed by atoms with Crippen LogP contribution in [0.15, 0.2) is 48.5 Å². The molecule has 0 radical (unpaired) electrons. The van der Waals surface area contributed by atoms with E-state index in [1.807, 2.05) is 49.1 Å². The highest BCUT2D eigenvalue weighted by atomic mass is 16.5. The van der Waals surface area contributed by atoms with Crippen LogP contribution in [0, 0.1) is 0 Å². The number of hydrogen-bond acceptors (Lipinski definition) is 4. The molecule has 1 amide bonds. The second-order valence-electron chi connectivity index (χ2n) is 7.36. The molecule has 5 heteroatoms. The van der Waals surface area contributed by atoms with Gasteiger partial charge >= 0.3 is 0 Å². The van der Waals surface area contributed by atoms with E-state index in [2.05, 4.69) is 11.4 Å². The van der Waals surface area contributed by atoms with Crippen molar-refractivity contribution in [3.63, 3.8) is 0 Å². The summed E-state index contributed by atoms with van der Waals surface area (Å²) in [5, 5.41) is 13.9. The van der Waals surface area contributed by atoms with Crippen LogP contribution in [0.2, 0.25) is 0 Å². The highest BCUT2D eigenvalue weighted by Crippen LogP contribution is 2.45. The van der Waals surface area contributed by atoms with E-state index in [1.165, 1.54) is 0 Å². The van der Waals surface area contributed by atoms with Gasteiger partial charge in [-0.1, -0.05) is 18.2 Å². The topological polar surface area (TPSA) is 61.8 Å². The summed E-state index contributed by atoms with van der Waals surface area (Å²) in [4.78, 5) is 14.4. The summed E-state index contributed by atoms with van der Waals surface area (Å²) in [6.45, 7) is 6.99. The lowest BCUT2D eigenvalue weighted by atomic mass is 9.87.